The summed E-state index contributed by atoms with van der Waals surface area (Å²) in [7, 11) is 0. The zero-order chi connectivity index (χ0) is 16.4. The molecule has 3 heteroatoms. The van der Waals surface area contributed by atoms with Gasteiger partial charge in [0, 0.05) is 24.6 Å². The molecule has 0 bridgehead atoms. The molecule has 24 heavy (non-hydrogen) atoms. The Hall–Kier alpha value is -2.68. The van der Waals surface area contributed by atoms with Crippen molar-refractivity contribution in [2.24, 2.45) is 0 Å². The Kier molecular flexibility index (Phi) is 3.99. The third-order valence-corrected chi connectivity index (χ3v) is 4.65. The van der Waals surface area contributed by atoms with Crippen molar-refractivity contribution >= 4 is 5.78 Å². The molecule has 0 amide bonds. The summed E-state index contributed by atoms with van der Waals surface area (Å²) in [5.74, 6) is 1.23. The largest absolute Gasteiger partial charge is 0.320 e. The van der Waals surface area contributed by atoms with Crippen LogP contribution in [0.5, 0.6) is 0 Å². The van der Waals surface area contributed by atoms with Gasteiger partial charge in [-0.3, -0.25) is 4.79 Å². The minimum absolute atomic E-state index is 0.0581. The molecule has 120 valence electrons. The topological polar surface area (TPSA) is 34.9 Å². The molecular weight excluding hydrogens is 296 g/mol. The van der Waals surface area contributed by atoms with Crippen LogP contribution in [-0.2, 0) is 11.2 Å². The highest BCUT2D eigenvalue weighted by Crippen LogP contribution is 2.31. The van der Waals surface area contributed by atoms with Crippen molar-refractivity contribution in [2.45, 2.75) is 31.7 Å². The average Bonchev–Trinajstić information content (AvgIpc) is 3.22. The summed E-state index contributed by atoms with van der Waals surface area (Å²) in [5.41, 5.74) is 3.32. The number of carbonyl (C=O) groups excluding carboxylic acids is 1. The Morgan fingerprint density at radius 3 is 2.38 bits per heavy atom. The lowest BCUT2D eigenvalue weighted by molar-refractivity contribution is -0.120. The van der Waals surface area contributed by atoms with Crippen molar-refractivity contribution in [3.63, 3.8) is 0 Å². The molecule has 3 nitrogen and oxygen atoms in total. The number of nitrogens with zero attached hydrogens (tertiary/aromatic N) is 2. The van der Waals surface area contributed by atoms with Crippen molar-refractivity contribution in [3.8, 4) is 11.4 Å². The molecule has 2 aromatic carbocycles. The van der Waals surface area contributed by atoms with Gasteiger partial charge in [0.1, 0.15) is 5.82 Å². The lowest BCUT2D eigenvalue weighted by Gasteiger charge is -2.13. The Labute approximate surface area is 142 Å². The maximum Gasteiger partial charge on any atom is 0.155 e. The van der Waals surface area contributed by atoms with E-state index in [1.165, 1.54) is 5.56 Å². The molecule has 1 fully saturated rings. The van der Waals surface area contributed by atoms with Gasteiger partial charge >= 0.3 is 0 Å². The van der Waals surface area contributed by atoms with Crippen LogP contribution in [0.25, 0.3) is 11.4 Å². The Morgan fingerprint density at radius 1 is 1.00 bits per heavy atom. The summed E-state index contributed by atoms with van der Waals surface area (Å²) < 4.78 is 2.10. The molecule has 1 heterocycles. The van der Waals surface area contributed by atoms with Crippen LogP contribution in [0.15, 0.2) is 66.9 Å². The van der Waals surface area contributed by atoms with E-state index in [0.717, 1.165) is 36.3 Å². The molecule has 0 radical (unpaired) electrons. The van der Waals surface area contributed by atoms with Gasteiger partial charge in [-0.1, -0.05) is 60.7 Å². The predicted molar refractivity (Wildman–Crippen MR) is 94.8 cm³/mol. The molecule has 0 N–H and O–H groups in total. The van der Waals surface area contributed by atoms with Crippen LogP contribution in [-0.4, -0.2) is 15.3 Å². The minimum atomic E-state index is -0.0581. The van der Waals surface area contributed by atoms with Gasteiger partial charge in [0.15, 0.2) is 5.78 Å². The third-order valence-electron chi connectivity index (χ3n) is 4.65. The molecule has 0 aliphatic heterocycles. The van der Waals surface area contributed by atoms with E-state index in [9.17, 15) is 4.79 Å². The van der Waals surface area contributed by atoms with Gasteiger partial charge in [0.25, 0.3) is 0 Å². The summed E-state index contributed by atoms with van der Waals surface area (Å²) >= 11 is 0. The van der Waals surface area contributed by atoms with E-state index >= 15 is 0 Å². The van der Waals surface area contributed by atoms with Gasteiger partial charge in [0.05, 0.1) is 11.7 Å². The normalized spacial score (nSPS) is 17.3. The van der Waals surface area contributed by atoms with Crippen molar-refractivity contribution in [1.82, 2.24) is 9.55 Å². The second-order valence-electron chi connectivity index (χ2n) is 6.37. The van der Waals surface area contributed by atoms with Crippen LogP contribution in [0.1, 0.15) is 36.6 Å². The fraction of sp³-hybridized carbons (Fsp3) is 0.238. The Morgan fingerprint density at radius 2 is 1.71 bits per heavy atom. The van der Waals surface area contributed by atoms with Crippen LogP contribution >= 0.6 is 0 Å². The molecule has 1 saturated carbocycles. The molecular formula is C21H20N2O. The van der Waals surface area contributed by atoms with Crippen LogP contribution < -0.4 is 0 Å². The molecule has 0 saturated heterocycles. The first kappa shape index (κ1) is 14.9. The molecule has 4 rings (SSSR count). The summed E-state index contributed by atoms with van der Waals surface area (Å²) in [5, 5.41) is 0. The predicted octanol–water partition coefficient (Wildman–Crippen LogP) is 4.44. The van der Waals surface area contributed by atoms with Gasteiger partial charge in [-0.2, -0.15) is 0 Å². The number of ketones is 1. The zero-order valence-corrected chi connectivity index (χ0v) is 13.6. The highest BCUT2D eigenvalue weighted by atomic mass is 16.1. The third kappa shape index (κ3) is 2.90. The number of benzene rings is 2. The smallest absolute Gasteiger partial charge is 0.155 e. The van der Waals surface area contributed by atoms with Crippen molar-refractivity contribution < 1.29 is 4.79 Å². The Balaban J connectivity index is 1.74. The average molecular weight is 316 g/mol. The van der Waals surface area contributed by atoms with Gasteiger partial charge in [0.2, 0.25) is 0 Å². The molecule has 3 aromatic rings. The number of hydrogen-bond acceptors (Lipinski definition) is 2. The van der Waals surface area contributed by atoms with Crippen molar-refractivity contribution in [3.05, 3.63) is 78.1 Å². The number of carbonyl (C=O) groups is 1. The quantitative estimate of drug-likeness (QED) is 0.713. The van der Waals surface area contributed by atoms with E-state index in [1.807, 2.05) is 36.4 Å². The van der Waals surface area contributed by atoms with Crippen LogP contribution in [0, 0.1) is 0 Å². The highest BCUT2D eigenvalue weighted by molar-refractivity contribution is 5.85. The highest BCUT2D eigenvalue weighted by Gasteiger charge is 2.28. The first-order valence-corrected chi connectivity index (χ1v) is 8.51. The maximum atomic E-state index is 12.3. The molecule has 1 aliphatic carbocycles. The SMILES string of the molecule is O=C1CCCC1n1cc(Cc2ccccc2)nc1-c1ccccc1. The monoisotopic (exact) mass is 316 g/mol. The first-order chi connectivity index (χ1) is 11.8. The van der Waals surface area contributed by atoms with Crippen LogP contribution in [0.3, 0.4) is 0 Å². The molecule has 0 spiro atoms. The van der Waals surface area contributed by atoms with Crippen molar-refractivity contribution in [1.29, 1.82) is 0 Å². The van der Waals surface area contributed by atoms with Gasteiger partial charge < -0.3 is 4.57 Å². The summed E-state index contributed by atoms with van der Waals surface area (Å²) in [6.45, 7) is 0. The number of imidazole rings is 1. The zero-order valence-electron chi connectivity index (χ0n) is 13.6. The van der Waals surface area contributed by atoms with Crippen LogP contribution in [0.2, 0.25) is 0 Å². The molecule has 1 unspecified atom stereocenters. The fourth-order valence-electron chi connectivity index (χ4n) is 3.46. The summed E-state index contributed by atoms with van der Waals surface area (Å²) in [4.78, 5) is 17.1. The number of hydrogen-bond donors (Lipinski definition) is 0. The van der Waals surface area contributed by atoms with E-state index in [1.54, 1.807) is 0 Å². The van der Waals surface area contributed by atoms with E-state index in [2.05, 4.69) is 35.0 Å². The lowest BCUT2D eigenvalue weighted by atomic mass is 10.1. The Bertz CT molecular complexity index is 837. The standard InChI is InChI=1S/C21H20N2O/c24-20-13-7-12-19(20)23-15-18(14-16-8-3-1-4-9-16)22-21(23)17-10-5-2-6-11-17/h1-6,8-11,15,19H,7,12-14H2. The van der Waals surface area contributed by atoms with Gasteiger partial charge in [-0.15, -0.1) is 0 Å². The second kappa shape index (κ2) is 6.44. The molecule has 1 aromatic heterocycles. The minimum Gasteiger partial charge on any atom is -0.320 e. The van der Waals surface area contributed by atoms with Gasteiger partial charge in [-0.05, 0) is 18.4 Å². The second-order valence-corrected chi connectivity index (χ2v) is 6.37. The maximum absolute atomic E-state index is 12.3. The first-order valence-electron chi connectivity index (χ1n) is 8.51. The number of rotatable bonds is 4. The number of aromatic nitrogens is 2. The van der Waals surface area contributed by atoms with E-state index < -0.39 is 0 Å². The van der Waals surface area contributed by atoms with Crippen molar-refractivity contribution in [2.75, 3.05) is 0 Å². The lowest BCUT2D eigenvalue weighted by Crippen LogP contribution is -2.13. The molecule has 1 aliphatic rings. The fourth-order valence-corrected chi connectivity index (χ4v) is 3.46. The molecule has 1 atom stereocenters. The number of Topliss-reactive ketones (excluding diaryl/α,β-unsaturated/α-hetero) is 1. The van der Waals surface area contributed by atoms with Crippen LogP contribution in [0.4, 0.5) is 0 Å². The van der Waals surface area contributed by atoms with Gasteiger partial charge in [-0.25, -0.2) is 4.98 Å². The summed E-state index contributed by atoms with van der Waals surface area (Å²) in [6, 6.07) is 20.4. The summed E-state index contributed by atoms with van der Waals surface area (Å²) in [6.07, 6.45) is 5.44. The van der Waals surface area contributed by atoms with E-state index in [-0.39, 0.29) is 6.04 Å². The van der Waals surface area contributed by atoms with E-state index in [4.69, 9.17) is 4.98 Å². The van der Waals surface area contributed by atoms with E-state index in [0.29, 0.717) is 12.2 Å².